The number of sulfonamides is 1. The van der Waals surface area contributed by atoms with Gasteiger partial charge in [0.15, 0.2) is 0 Å². The van der Waals surface area contributed by atoms with Crippen LogP contribution in [0.5, 0.6) is 0 Å². The summed E-state index contributed by atoms with van der Waals surface area (Å²) in [5, 5.41) is 0. The van der Waals surface area contributed by atoms with Crippen molar-refractivity contribution in [2.24, 2.45) is 7.05 Å². The molecule has 1 aromatic heterocycles. The number of benzene rings is 2. The molecular formula is C22H24N4O4S. The summed E-state index contributed by atoms with van der Waals surface area (Å²) in [6.45, 7) is 5.11. The number of aromatic nitrogens is 2. The molecule has 1 atom stereocenters. The number of nitrogens with one attached hydrogen (secondary N) is 1. The molecule has 31 heavy (non-hydrogen) atoms. The largest absolute Gasteiger partial charge is 0.309 e. The van der Waals surface area contributed by atoms with Gasteiger partial charge in [0.25, 0.3) is 15.6 Å². The van der Waals surface area contributed by atoms with Crippen LogP contribution < -0.4 is 15.2 Å². The zero-order valence-corrected chi connectivity index (χ0v) is 18.6. The summed E-state index contributed by atoms with van der Waals surface area (Å²) >= 11 is 0. The summed E-state index contributed by atoms with van der Waals surface area (Å²) in [6.07, 6.45) is 0.573. The van der Waals surface area contributed by atoms with Crippen molar-refractivity contribution in [1.82, 2.24) is 9.36 Å². The fourth-order valence-electron chi connectivity index (χ4n) is 4.13. The van der Waals surface area contributed by atoms with Gasteiger partial charge in [0.2, 0.25) is 5.91 Å². The number of anilines is 2. The monoisotopic (exact) mass is 440 g/mol. The summed E-state index contributed by atoms with van der Waals surface area (Å²) in [5.41, 5.74) is 2.20. The molecule has 1 aliphatic heterocycles. The van der Waals surface area contributed by atoms with E-state index in [9.17, 15) is 18.0 Å². The van der Waals surface area contributed by atoms with Gasteiger partial charge in [-0.2, -0.15) is 0 Å². The Kier molecular flexibility index (Phi) is 5.01. The summed E-state index contributed by atoms with van der Waals surface area (Å²) < 4.78 is 31.7. The third-order valence-corrected chi connectivity index (χ3v) is 7.05. The van der Waals surface area contributed by atoms with Crippen molar-refractivity contribution in [3.05, 3.63) is 70.1 Å². The first-order valence-electron chi connectivity index (χ1n) is 9.91. The lowest BCUT2D eigenvalue weighted by molar-refractivity contribution is -0.116. The predicted octanol–water partition coefficient (Wildman–Crippen LogP) is 2.58. The average molecular weight is 441 g/mol. The van der Waals surface area contributed by atoms with Crippen molar-refractivity contribution in [1.29, 1.82) is 0 Å². The Bertz CT molecular complexity index is 1340. The maximum Gasteiger partial charge on any atom is 0.296 e. The SMILES string of the molecule is CC(=O)N1c2ccc(S(=O)(=O)Nc3c(C)n(C)n(-c4ccccc4)c3=O)cc2CC1C. The van der Waals surface area contributed by atoms with Crippen LogP contribution in [-0.4, -0.2) is 29.7 Å². The first-order chi connectivity index (χ1) is 14.6. The van der Waals surface area contributed by atoms with Crippen molar-refractivity contribution >= 4 is 27.3 Å². The molecule has 0 radical (unpaired) electrons. The quantitative estimate of drug-likeness (QED) is 0.675. The molecule has 2 aromatic carbocycles. The van der Waals surface area contributed by atoms with Crippen molar-refractivity contribution in [3.8, 4) is 5.69 Å². The topological polar surface area (TPSA) is 93.4 Å². The van der Waals surface area contributed by atoms with Gasteiger partial charge < -0.3 is 4.90 Å². The second-order valence-corrected chi connectivity index (χ2v) is 9.46. The molecule has 0 aliphatic carbocycles. The smallest absolute Gasteiger partial charge is 0.296 e. The van der Waals surface area contributed by atoms with Gasteiger partial charge in [-0.1, -0.05) is 18.2 Å². The zero-order valence-electron chi connectivity index (χ0n) is 17.8. The Balaban J connectivity index is 1.72. The Hall–Kier alpha value is -3.33. The van der Waals surface area contributed by atoms with Crippen molar-refractivity contribution in [2.45, 2.75) is 38.1 Å². The molecule has 0 saturated heterocycles. The minimum Gasteiger partial charge on any atom is -0.309 e. The van der Waals surface area contributed by atoms with E-state index in [0.29, 0.717) is 17.8 Å². The van der Waals surface area contributed by atoms with Gasteiger partial charge in [0.1, 0.15) is 5.69 Å². The molecule has 4 rings (SSSR count). The summed E-state index contributed by atoms with van der Waals surface area (Å²) in [4.78, 5) is 26.7. The number of fused-ring (bicyclic) bond motifs is 1. The van der Waals surface area contributed by atoms with Gasteiger partial charge in [0, 0.05) is 25.7 Å². The van der Waals surface area contributed by atoms with Gasteiger partial charge in [0.05, 0.1) is 16.3 Å². The van der Waals surface area contributed by atoms with Crippen LogP contribution in [0, 0.1) is 6.92 Å². The lowest BCUT2D eigenvalue weighted by Gasteiger charge is -2.20. The summed E-state index contributed by atoms with van der Waals surface area (Å²) in [6, 6.07) is 13.7. The molecule has 1 N–H and O–H groups in total. The summed E-state index contributed by atoms with van der Waals surface area (Å²) in [7, 11) is -2.30. The molecule has 8 nitrogen and oxygen atoms in total. The van der Waals surface area contributed by atoms with E-state index in [4.69, 9.17) is 0 Å². The van der Waals surface area contributed by atoms with Gasteiger partial charge in [-0.15, -0.1) is 0 Å². The highest BCUT2D eigenvalue weighted by molar-refractivity contribution is 7.92. The highest BCUT2D eigenvalue weighted by Crippen LogP contribution is 2.34. The first-order valence-corrected chi connectivity index (χ1v) is 11.4. The van der Waals surface area contributed by atoms with Crippen LogP contribution >= 0.6 is 0 Å². The van der Waals surface area contributed by atoms with Gasteiger partial charge in [-0.25, -0.2) is 13.1 Å². The fourth-order valence-corrected chi connectivity index (χ4v) is 5.30. The van der Waals surface area contributed by atoms with Crippen molar-refractivity contribution in [2.75, 3.05) is 9.62 Å². The molecule has 0 spiro atoms. The van der Waals surface area contributed by atoms with Gasteiger partial charge in [-0.05, 0) is 56.2 Å². The predicted molar refractivity (Wildman–Crippen MR) is 119 cm³/mol. The minimum absolute atomic E-state index is 0.00517. The molecule has 3 aromatic rings. The van der Waals surface area contributed by atoms with E-state index in [1.165, 1.54) is 17.7 Å². The van der Waals surface area contributed by atoms with E-state index in [2.05, 4.69) is 4.72 Å². The van der Waals surface area contributed by atoms with E-state index in [1.54, 1.807) is 47.8 Å². The molecule has 0 bridgehead atoms. The Morgan fingerprint density at radius 3 is 2.45 bits per heavy atom. The summed E-state index contributed by atoms with van der Waals surface area (Å²) in [5.74, 6) is -0.0821. The molecule has 0 saturated carbocycles. The normalized spacial score (nSPS) is 15.7. The second kappa shape index (κ2) is 7.42. The first kappa shape index (κ1) is 20.9. The number of amides is 1. The van der Waals surface area contributed by atoms with Crippen LogP contribution in [0.25, 0.3) is 5.69 Å². The van der Waals surface area contributed by atoms with E-state index in [1.807, 2.05) is 25.1 Å². The highest BCUT2D eigenvalue weighted by Gasteiger charge is 2.31. The molecule has 1 unspecified atom stereocenters. The maximum absolute atomic E-state index is 13.1. The number of carbonyl (C=O) groups excluding carboxylic acids is 1. The van der Waals surface area contributed by atoms with Gasteiger partial charge in [-0.3, -0.25) is 19.0 Å². The average Bonchev–Trinajstić information content (AvgIpc) is 3.16. The number of rotatable bonds is 4. The zero-order chi connectivity index (χ0) is 22.5. The van der Waals surface area contributed by atoms with Crippen molar-refractivity contribution in [3.63, 3.8) is 0 Å². The second-order valence-electron chi connectivity index (χ2n) is 7.77. The number of hydrogen-bond donors (Lipinski definition) is 1. The third-order valence-electron chi connectivity index (χ3n) is 5.71. The van der Waals surface area contributed by atoms with E-state index in [0.717, 1.165) is 11.3 Å². The van der Waals surface area contributed by atoms with Crippen LogP contribution in [0.1, 0.15) is 25.1 Å². The van der Waals surface area contributed by atoms with Crippen LogP contribution in [0.3, 0.4) is 0 Å². The van der Waals surface area contributed by atoms with E-state index in [-0.39, 0.29) is 22.5 Å². The number of nitrogens with zero attached hydrogens (tertiary/aromatic N) is 3. The van der Waals surface area contributed by atoms with Crippen LogP contribution in [-0.2, 0) is 28.3 Å². The standard InChI is InChI=1S/C22H24N4O4S/c1-14-12-17-13-19(10-11-20(17)25(14)16(3)27)31(29,30)23-21-15(2)24(4)26(22(21)28)18-8-6-5-7-9-18/h5-11,13-14,23H,12H2,1-4H3. The molecule has 1 amide bonds. The minimum atomic E-state index is -4.00. The lowest BCUT2D eigenvalue weighted by atomic mass is 10.1. The van der Waals surface area contributed by atoms with Crippen molar-refractivity contribution < 1.29 is 13.2 Å². The number of hydrogen-bond acceptors (Lipinski definition) is 4. The number of carbonyl (C=O) groups is 1. The molecule has 162 valence electrons. The number of para-hydroxylation sites is 1. The molecule has 2 heterocycles. The molecule has 9 heteroatoms. The maximum atomic E-state index is 13.1. The third kappa shape index (κ3) is 3.44. The Labute approximate surface area is 180 Å². The van der Waals surface area contributed by atoms with Gasteiger partial charge >= 0.3 is 0 Å². The molecule has 1 aliphatic rings. The van der Waals surface area contributed by atoms with E-state index < -0.39 is 15.6 Å². The Morgan fingerprint density at radius 2 is 1.81 bits per heavy atom. The fraction of sp³-hybridized carbons (Fsp3) is 0.273. The lowest BCUT2D eigenvalue weighted by Crippen LogP contribution is -2.33. The highest BCUT2D eigenvalue weighted by atomic mass is 32.2. The van der Waals surface area contributed by atoms with E-state index >= 15 is 0 Å². The molecule has 0 fully saturated rings. The van der Waals surface area contributed by atoms with Crippen LogP contribution in [0.2, 0.25) is 0 Å². The van der Waals surface area contributed by atoms with Crippen LogP contribution in [0.4, 0.5) is 11.4 Å². The Morgan fingerprint density at radius 1 is 1.13 bits per heavy atom. The molecular weight excluding hydrogens is 416 g/mol. The van der Waals surface area contributed by atoms with Crippen LogP contribution in [0.15, 0.2) is 58.2 Å².